The third kappa shape index (κ3) is 13.4. The third-order valence-electron chi connectivity index (χ3n) is 6.06. The van der Waals surface area contributed by atoms with Crippen molar-refractivity contribution in [1.29, 1.82) is 0 Å². The number of hydrogen-bond donors (Lipinski definition) is 1. The van der Waals surface area contributed by atoms with E-state index >= 15 is 0 Å². The highest BCUT2D eigenvalue weighted by Crippen LogP contribution is 2.16. The predicted molar refractivity (Wildman–Crippen MR) is 149 cm³/mol. The van der Waals surface area contributed by atoms with Crippen LogP contribution in [0.25, 0.3) is 0 Å². The number of hydrazone groups is 1. The van der Waals surface area contributed by atoms with Gasteiger partial charge in [0.25, 0.3) is 0 Å². The lowest BCUT2D eigenvalue weighted by Gasteiger charge is -2.05. The molecule has 36 heavy (non-hydrogen) atoms. The van der Waals surface area contributed by atoms with E-state index < -0.39 is 5.97 Å². The maximum Gasteiger partial charge on any atom is 0.343 e. The van der Waals surface area contributed by atoms with Crippen molar-refractivity contribution in [2.45, 2.75) is 96.8 Å². The number of benzene rings is 2. The van der Waals surface area contributed by atoms with Gasteiger partial charge in [0.1, 0.15) is 5.75 Å². The average molecular weight is 513 g/mol. The Bertz CT molecular complexity index is 928. The molecule has 0 atom stereocenters. The van der Waals surface area contributed by atoms with Gasteiger partial charge in [0, 0.05) is 11.4 Å². The molecule has 2 rings (SSSR count). The van der Waals surface area contributed by atoms with Crippen LogP contribution >= 0.6 is 11.6 Å². The molecule has 0 aliphatic carbocycles. The van der Waals surface area contributed by atoms with Gasteiger partial charge in [-0.2, -0.15) is 5.10 Å². The van der Waals surface area contributed by atoms with Crippen molar-refractivity contribution < 1.29 is 14.3 Å². The summed E-state index contributed by atoms with van der Waals surface area (Å²) in [6.45, 7) is 2.26. The number of halogens is 1. The zero-order valence-corrected chi connectivity index (χ0v) is 22.4. The third-order valence-corrected chi connectivity index (χ3v) is 6.30. The van der Waals surface area contributed by atoms with Gasteiger partial charge in [-0.25, -0.2) is 10.2 Å². The lowest BCUT2D eigenvalue weighted by molar-refractivity contribution is -0.121. The molecule has 0 spiro atoms. The number of rotatable bonds is 18. The molecule has 0 radical (unpaired) electrons. The van der Waals surface area contributed by atoms with Crippen LogP contribution in [-0.4, -0.2) is 18.1 Å². The monoisotopic (exact) mass is 512 g/mol. The summed E-state index contributed by atoms with van der Waals surface area (Å²) in [5.74, 6) is -0.121. The van der Waals surface area contributed by atoms with Crippen molar-refractivity contribution in [2.24, 2.45) is 5.10 Å². The molecule has 0 aliphatic rings. The summed E-state index contributed by atoms with van der Waals surface area (Å²) in [5, 5.41) is 4.50. The molecule has 1 N–H and O–H groups in total. The fraction of sp³-hybridized carbons (Fsp3) is 0.500. The summed E-state index contributed by atoms with van der Waals surface area (Å²) in [6.07, 6.45) is 18.8. The van der Waals surface area contributed by atoms with Gasteiger partial charge < -0.3 is 4.74 Å². The smallest absolute Gasteiger partial charge is 0.343 e. The minimum atomic E-state index is -0.473. The van der Waals surface area contributed by atoms with Crippen LogP contribution in [0, 0.1) is 0 Å². The second-order valence-corrected chi connectivity index (χ2v) is 9.69. The van der Waals surface area contributed by atoms with E-state index in [1.807, 2.05) is 0 Å². The molecule has 0 unspecified atom stereocenters. The van der Waals surface area contributed by atoms with E-state index in [4.69, 9.17) is 16.3 Å². The van der Waals surface area contributed by atoms with Gasteiger partial charge >= 0.3 is 5.97 Å². The number of ether oxygens (including phenoxy) is 1. The SMILES string of the molecule is CCCCCCCCCCCCCCCC(=O)NN=Cc1ccc(OC(=O)c2cccc(Cl)c2)cc1. The predicted octanol–water partition coefficient (Wildman–Crippen LogP) is 8.49. The molecule has 6 heteroatoms. The topological polar surface area (TPSA) is 67.8 Å². The number of nitrogens with one attached hydrogen (secondary N) is 1. The Labute approximate surface area is 221 Å². The Morgan fingerprint density at radius 1 is 0.833 bits per heavy atom. The summed E-state index contributed by atoms with van der Waals surface area (Å²) in [5.41, 5.74) is 3.76. The molecule has 196 valence electrons. The van der Waals surface area contributed by atoms with E-state index in [0.29, 0.717) is 22.8 Å². The lowest BCUT2D eigenvalue weighted by Crippen LogP contribution is -2.16. The van der Waals surface area contributed by atoms with Gasteiger partial charge in [-0.3, -0.25) is 4.79 Å². The van der Waals surface area contributed by atoms with Gasteiger partial charge in [0.2, 0.25) is 5.91 Å². The maximum atomic E-state index is 12.2. The zero-order chi connectivity index (χ0) is 25.8. The van der Waals surface area contributed by atoms with Crippen molar-refractivity contribution in [3.63, 3.8) is 0 Å². The first-order valence-electron chi connectivity index (χ1n) is 13.5. The Balaban J connectivity index is 1.51. The summed E-state index contributed by atoms with van der Waals surface area (Å²) in [7, 11) is 0. The number of hydrogen-bond acceptors (Lipinski definition) is 4. The van der Waals surface area contributed by atoms with E-state index in [1.54, 1.807) is 54.7 Å². The van der Waals surface area contributed by atoms with E-state index in [2.05, 4.69) is 17.5 Å². The molecular weight excluding hydrogens is 472 g/mol. The first-order valence-corrected chi connectivity index (χ1v) is 13.9. The van der Waals surface area contributed by atoms with Crippen molar-refractivity contribution >= 4 is 29.7 Å². The Morgan fingerprint density at radius 2 is 1.42 bits per heavy atom. The fourth-order valence-electron chi connectivity index (χ4n) is 3.94. The van der Waals surface area contributed by atoms with Gasteiger partial charge in [-0.05, 0) is 54.4 Å². The normalized spacial score (nSPS) is 11.1. The van der Waals surface area contributed by atoms with Gasteiger partial charge in [0.15, 0.2) is 0 Å². The maximum absolute atomic E-state index is 12.2. The highest BCUT2D eigenvalue weighted by molar-refractivity contribution is 6.30. The van der Waals surface area contributed by atoms with Crippen molar-refractivity contribution in [2.75, 3.05) is 0 Å². The van der Waals surface area contributed by atoms with E-state index in [9.17, 15) is 9.59 Å². The van der Waals surface area contributed by atoms with Gasteiger partial charge in [-0.1, -0.05) is 102 Å². The molecule has 5 nitrogen and oxygen atoms in total. The van der Waals surface area contributed by atoms with E-state index in [-0.39, 0.29) is 5.91 Å². The molecule has 0 bridgehead atoms. The minimum absolute atomic E-state index is 0.0682. The van der Waals surface area contributed by atoms with Crippen LogP contribution in [0.2, 0.25) is 5.02 Å². The largest absolute Gasteiger partial charge is 0.423 e. The van der Waals surface area contributed by atoms with Crippen LogP contribution in [0.5, 0.6) is 5.75 Å². The first kappa shape index (κ1) is 29.6. The first-order chi connectivity index (χ1) is 17.6. The highest BCUT2D eigenvalue weighted by atomic mass is 35.5. The Kier molecular flexibility index (Phi) is 15.3. The van der Waals surface area contributed by atoms with Crippen LogP contribution in [-0.2, 0) is 4.79 Å². The van der Waals surface area contributed by atoms with E-state index in [1.165, 1.54) is 70.6 Å². The van der Waals surface area contributed by atoms with Gasteiger partial charge in [-0.15, -0.1) is 0 Å². The summed E-state index contributed by atoms with van der Waals surface area (Å²) in [6, 6.07) is 13.5. The number of amides is 1. The van der Waals surface area contributed by atoms with Crippen LogP contribution in [0.15, 0.2) is 53.6 Å². The summed E-state index contributed by atoms with van der Waals surface area (Å²) < 4.78 is 5.35. The molecule has 2 aromatic rings. The van der Waals surface area contributed by atoms with Crippen molar-refractivity contribution in [1.82, 2.24) is 5.43 Å². The Hall–Kier alpha value is -2.66. The molecule has 0 fully saturated rings. The number of esters is 1. The second-order valence-electron chi connectivity index (χ2n) is 9.25. The molecule has 0 aromatic heterocycles. The number of carbonyl (C=O) groups is 2. The molecule has 2 aromatic carbocycles. The van der Waals surface area contributed by atoms with Crippen LogP contribution < -0.4 is 10.2 Å². The molecule has 0 aliphatic heterocycles. The Morgan fingerprint density at radius 3 is 2.00 bits per heavy atom. The number of carbonyl (C=O) groups excluding carboxylic acids is 2. The molecule has 0 heterocycles. The highest BCUT2D eigenvalue weighted by Gasteiger charge is 2.08. The quantitative estimate of drug-likeness (QED) is 0.0715. The van der Waals surface area contributed by atoms with Crippen molar-refractivity contribution in [3.8, 4) is 5.75 Å². The summed E-state index contributed by atoms with van der Waals surface area (Å²) >= 11 is 5.91. The minimum Gasteiger partial charge on any atom is -0.423 e. The molecular formula is C30H41ClN2O3. The molecule has 1 amide bonds. The zero-order valence-electron chi connectivity index (χ0n) is 21.6. The number of nitrogens with zero attached hydrogens (tertiary/aromatic N) is 1. The fourth-order valence-corrected chi connectivity index (χ4v) is 4.13. The second kappa shape index (κ2) is 18.6. The lowest BCUT2D eigenvalue weighted by atomic mass is 10.0. The van der Waals surface area contributed by atoms with E-state index in [0.717, 1.165) is 18.4 Å². The van der Waals surface area contributed by atoms with Gasteiger partial charge in [0.05, 0.1) is 11.8 Å². The molecule has 0 saturated heterocycles. The average Bonchev–Trinajstić information content (AvgIpc) is 2.88. The molecule has 0 saturated carbocycles. The van der Waals surface area contributed by atoms with Crippen molar-refractivity contribution in [3.05, 3.63) is 64.7 Å². The van der Waals surface area contributed by atoms with Crippen LogP contribution in [0.4, 0.5) is 0 Å². The number of unbranched alkanes of at least 4 members (excludes halogenated alkanes) is 12. The van der Waals surface area contributed by atoms with Crippen LogP contribution in [0.1, 0.15) is 113 Å². The standard InChI is InChI=1S/C30H41ClN2O3/c1-2-3-4-5-6-7-8-9-10-11-12-13-14-18-29(34)33-32-24-25-19-21-28(22-20-25)36-30(35)26-16-15-17-27(31)23-26/h15-17,19-24H,2-14,18H2,1H3,(H,33,34). The van der Waals surface area contributed by atoms with Crippen LogP contribution in [0.3, 0.4) is 0 Å². The summed E-state index contributed by atoms with van der Waals surface area (Å²) in [4.78, 5) is 24.2.